The van der Waals surface area contributed by atoms with Gasteiger partial charge in [-0.2, -0.15) is 8.78 Å². The number of hydrogen-bond acceptors (Lipinski definition) is 6. The van der Waals surface area contributed by atoms with Crippen LogP contribution in [0, 0.1) is 12.7 Å². The Morgan fingerprint density at radius 3 is 2.51 bits per heavy atom. The smallest absolute Gasteiger partial charge is 0.303 e. The maximum absolute atomic E-state index is 15.3. The normalized spacial score (nSPS) is 16.2. The Balaban J connectivity index is 1.66. The van der Waals surface area contributed by atoms with E-state index >= 15 is 4.39 Å². The van der Waals surface area contributed by atoms with Crippen molar-refractivity contribution in [3.8, 4) is 0 Å². The summed E-state index contributed by atoms with van der Waals surface area (Å²) in [6.45, 7) is 8.19. The van der Waals surface area contributed by atoms with Gasteiger partial charge in [-0.1, -0.05) is 12.1 Å². The van der Waals surface area contributed by atoms with Crippen molar-refractivity contribution < 1.29 is 23.1 Å². The molecule has 0 saturated carbocycles. The van der Waals surface area contributed by atoms with Crippen LogP contribution in [-0.2, 0) is 10.7 Å². The summed E-state index contributed by atoms with van der Waals surface area (Å²) in [5.41, 5.74) is -1.82. The number of aromatic nitrogens is 3. The molecular formula is C27H32F3N5O2. The van der Waals surface area contributed by atoms with Crippen molar-refractivity contribution in [3.05, 3.63) is 58.8 Å². The Labute approximate surface area is 214 Å². The molecule has 0 radical (unpaired) electrons. The van der Waals surface area contributed by atoms with E-state index in [-0.39, 0.29) is 17.4 Å². The summed E-state index contributed by atoms with van der Waals surface area (Å²) in [5, 5.41) is 13.7. The summed E-state index contributed by atoms with van der Waals surface area (Å²) in [7, 11) is 0. The minimum atomic E-state index is -3.79. The highest BCUT2D eigenvalue weighted by atomic mass is 19.3. The second kappa shape index (κ2) is 9.89. The van der Waals surface area contributed by atoms with Gasteiger partial charge in [-0.25, -0.2) is 19.3 Å². The number of likely N-dealkylation sites (tertiary alicyclic amines) is 1. The number of rotatable bonds is 6. The van der Waals surface area contributed by atoms with Crippen molar-refractivity contribution in [2.24, 2.45) is 0 Å². The molecule has 3 aromatic rings. The summed E-state index contributed by atoms with van der Waals surface area (Å²) in [5.74, 6) is -3.71. The zero-order valence-corrected chi connectivity index (χ0v) is 21.6. The molecule has 1 atom stereocenters. The van der Waals surface area contributed by atoms with E-state index in [0.29, 0.717) is 35.8 Å². The van der Waals surface area contributed by atoms with Gasteiger partial charge in [0.15, 0.2) is 5.65 Å². The van der Waals surface area contributed by atoms with E-state index in [1.807, 2.05) is 11.0 Å². The molecule has 2 aromatic heterocycles. The van der Waals surface area contributed by atoms with Crippen LogP contribution in [0.5, 0.6) is 0 Å². The lowest BCUT2D eigenvalue weighted by Crippen LogP contribution is -2.41. The molecule has 0 bridgehead atoms. The van der Waals surface area contributed by atoms with Crippen molar-refractivity contribution in [1.82, 2.24) is 19.9 Å². The molecule has 1 aliphatic heterocycles. The summed E-state index contributed by atoms with van der Waals surface area (Å²) >= 11 is 0. The second-order valence-electron chi connectivity index (χ2n) is 10.2. The molecule has 37 heavy (non-hydrogen) atoms. The fourth-order valence-corrected chi connectivity index (χ4v) is 4.74. The van der Waals surface area contributed by atoms with Crippen LogP contribution in [0.3, 0.4) is 0 Å². The average Bonchev–Trinajstić information content (AvgIpc) is 2.83. The molecule has 0 spiro atoms. The van der Waals surface area contributed by atoms with Gasteiger partial charge in [0.2, 0.25) is 5.91 Å². The number of benzene rings is 1. The molecule has 1 amide bonds. The molecule has 1 unspecified atom stereocenters. The lowest BCUT2D eigenvalue weighted by molar-refractivity contribution is -0.170. The molecule has 198 valence electrons. The summed E-state index contributed by atoms with van der Waals surface area (Å²) in [6.07, 6.45) is 3.41. The predicted octanol–water partition coefficient (Wildman–Crippen LogP) is 5.23. The Morgan fingerprint density at radius 1 is 1.22 bits per heavy atom. The maximum atomic E-state index is 15.3. The Morgan fingerprint density at radius 2 is 1.89 bits per heavy atom. The number of halogens is 3. The van der Waals surface area contributed by atoms with E-state index in [1.54, 1.807) is 27.0 Å². The van der Waals surface area contributed by atoms with Crippen LogP contribution in [-0.4, -0.2) is 49.6 Å². The van der Waals surface area contributed by atoms with Crippen molar-refractivity contribution in [3.63, 3.8) is 0 Å². The van der Waals surface area contributed by atoms with Gasteiger partial charge in [0.25, 0.3) is 0 Å². The predicted molar refractivity (Wildman–Crippen MR) is 135 cm³/mol. The number of amides is 1. The van der Waals surface area contributed by atoms with E-state index in [1.165, 1.54) is 12.1 Å². The second-order valence-corrected chi connectivity index (χ2v) is 10.2. The van der Waals surface area contributed by atoms with E-state index in [2.05, 4.69) is 20.3 Å². The Bertz CT molecular complexity index is 1320. The lowest BCUT2D eigenvalue weighted by Gasteiger charge is -2.31. The zero-order chi connectivity index (χ0) is 27.1. The number of nitrogens with zero attached hydrogens (tertiary/aromatic N) is 4. The maximum Gasteiger partial charge on any atom is 0.303 e. The Hall–Kier alpha value is -3.27. The van der Waals surface area contributed by atoms with Gasteiger partial charge < -0.3 is 15.3 Å². The third kappa shape index (κ3) is 5.25. The molecule has 1 fully saturated rings. The minimum absolute atomic E-state index is 0.0200. The van der Waals surface area contributed by atoms with Crippen LogP contribution in [0.25, 0.3) is 11.0 Å². The number of fused-ring (bicyclic) bond motifs is 1. The van der Waals surface area contributed by atoms with Crippen molar-refractivity contribution in [1.29, 1.82) is 0 Å². The van der Waals surface area contributed by atoms with E-state index in [9.17, 15) is 18.7 Å². The number of carbonyl (C=O) groups excluding carboxylic acids is 1. The van der Waals surface area contributed by atoms with Crippen LogP contribution in [0.4, 0.5) is 19.0 Å². The van der Waals surface area contributed by atoms with E-state index in [0.717, 1.165) is 38.3 Å². The number of aryl methyl sites for hydroxylation is 1. The molecular weight excluding hydrogens is 483 g/mol. The Kier molecular flexibility index (Phi) is 7.16. The van der Waals surface area contributed by atoms with Gasteiger partial charge in [0.1, 0.15) is 23.1 Å². The summed E-state index contributed by atoms with van der Waals surface area (Å²) < 4.78 is 44.9. The minimum Gasteiger partial charge on any atom is -0.384 e. The number of nitrogens with one attached hydrogen (secondary N) is 1. The monoisotopic (exact) mass is 515 g/mol. The van der Waals surface area contributed by atoms with Crippen LogP contribution in [0.1, 0.15) is 75.0 Å². The van der Waals surface area contributed by atoms with Crippen molar-refractivity contribution in [2.45, 2.75) is 70.9 Å². The van der Waals surface area contributed by atoms with Crippen LogP contribution in [0.2, 0.25) is 0 Å². The molecule has 0 aliphatic carbocycles. The average molecular weight is 516 g/mol. The molecule has 4 rings (SSSR count). The number of alkyl halides is 2. The molecule has 7 nitrogen and oxygen atoms in total. The standard InChI is InChI=1S/C27H32F3N5O2/c1-15(20-7-6-8-22(23(20)28)27(29,30)26(4,5)37)32-25-21-13-19(14-31-24(21)33-16(2)34-25)18-9-11-35(12-10-18)17(3)36/h6-8,13-15,18,37H,9-12H2,1-5H3,(H,31,32,33,34). The zero-order valence-electron chi connectivity index (χ0n) is 21.6. The number of carbonyl (C=O) groups is 1. The first kappa shape index (κ1) is 26.8. The number of aliphatic hydroxyl groups is 1. The van der Waals surface area contributed by atoms with E-state index in [4.69, 9.17) is 0 Å². The van der Waals surface area contributed by atoms with Crippen LogP contribution < -0.4 is 5.32 Å². The first-order valence-corrected chi connectivity index (χ1v) is 12.3. The summed E-state index contributed by atoms with van der Waals surface area (Å²) in [6, 6.07) is 5.00. The number of anilines is 1. The fourth-order valence-electron chi connectivity index (χ4n) is 4.74. The fraction of sp³-hybridized carbons (Fsp3) is 0.481. The molecule has 2 N–H and O–H groups in total. The highest BCUT2D eigenvalue weighted by molar-refractivity contribution is 5.87. The molecule has 1 aliphatic rings. The summed E-state index contributed by atoms with van der Waals surface area (Å²) in [4.78, 5) is 26.9. The number of piperidine rings is 1. The first-order chi connectivity index (χ1) is 17.3. The van der Waals surface area contributed by atoms with Gasteiger partial charge in [-0.15, -0.1) is 0 Å². The highest BCUT2D eigenvalue weighted by Gasteiger charge is 2.49. The SMILES string of the molecule is CC(=O)N1CCC(c2cnc3nc(C)nc(NC(C)c4cccc(C(F)(F)C(C)(C)O)c4F)c3c2)CC1. The van der Waals surface area contributed by atoms with Crippen LogP contribution >= 0.6 is 0 Å². The van der Waals surface area contributed by atoms with Crippen molar-refractivity contribution >= 4 is 22.8 Å². The largest absolute Gasteiger partial charge is 0.384 e. The topological polar surface area (TPSA) is 91.2 Å². The van der Waals surface area contributed by atoms with Crippen LogP contribution in [0.15, 0.2) is 30.5 Å². The van der Waals surface area contributed by atoms with Gasteiger partial charge >= 0.3 is 5.92 Å². The third-order valence-electron chi connectivity index (χ3n) is 7.05. The molecule has 3 heterocycles. The first-order valence-electron chi connectivity index (χ1n) is 12.3. The lowest BCUT2D eigenvalue weighted by atomic mass is 9.90. The van der Waals surface area contributed by atoms with Gasteiger partial charge in [-0.05, 0) is 64.2 Å². The quantitative estimate of drug-likeness (QED) is 0.467. The highest BCUT2D eigenvalue weighted by Crippen LogP contribution is 2.41. The third-order valence-corrected chi connectivity index (χ3v) is 7.05. The molecule has 1 saturated heterocycles. The van der Waals surface area contributed by atoms with Gasteiger partial charge in [-0.3, -0.25) is 4.79 Å². The van der Waals surface area contributed by atoms with Gasteiger partial charge in [0, 0.05) is 31.8 Å². The number of hydrogen-bond donors (Lipinski definition) is 2. The molecule has 10 heteroatoms. The number of pyridine rings is 1. The van der Waals surface area contributed by atoms with Crippen molar-refractivity contribution in [2.75, 3.05) is 18.4 Å². The van der Waals surface area contributed by atoms with Gasteiger partial charge in [0.05, 0.1) is 17.0 Å². The van der Waals surface area contributed by atoms with E-state index < -0.39 is 28.9 Å². The molecule has 1 aromatic carbocycles.